The smallest absolute Gasteiger partial charge is 0.258 e. The number of nitrogens with one attached hydrogen (secondary N) is 2. The maximum Gasteiger partial charge on any atom is 0.258 e. The van der Waals surface area contributed by atoms with Crippen molar-refractivity contribution >= 4 is 31.9 Å². The summed E-state index contributed by atoms with van der Waals surface area (Å²) < 4.78 is 34.0. The van der Waals surface area contributed by atoms with Gasteiger partial charge in [0.1, 0.15) is 5.75 Å². The molecule has 0 heterocycles. The Morgan fingerprint density at radius 2 is 1.72 bits per heavy atom. The number of hydrogen-bond donors (Lipinski definition) is 2. The summed E-state index contributed by atoms with van der Waals surface area (Å²) in [6.45, 7) is 2.03. The molecule has 3 aromatic rings. The Morgan fingerprint density at radius 1 is 1.00 bits per heavy atom. The number of hydrogen-bond acceptors (Lipinski definition) is 4. The standard InChI is InChI=1S/C24H25BrN2O4S/c1-18(20-8-5-9-21(25)16-20)27-24(28)17-31-22-10-12-23(13-11-22)32(29,30)26-15-14-19-6-3-2-4-7-19/h2-13,16,18,26H,14-15,17H2,1H3,(H,27,28)/t18-/m0/s1. The summed E-state index contributed by atoms with van der Waals surface area (Å²) in [5.74, 6) is 0.148. The lowest BCUT2D eigenvalue weighted by atomic mass is 10.1. The first-order valence-electron chi connectivity index (χ1n) is 10.1. The first-order valence-corrected chi connectivity index (χ1v) is 12.4. The Hall–Kier alpha value is -2.68. The molecule has 0 radical (unpaired) electrons. The molecule has 0 aliphatic heterocycles. The predicted octanol–water partition coefficient (Wildman–Crippen LogP) is 4.23. The molecule has 0 aromatic heterocycles. The van der Waals surface area contributed by atoms with Gasteiger partial charge < -0.3 is 10.1 Å². The summed E-state index contributed by atoms with van der Waals surface area (Å²) in [7, 11) is -3.62. The van der Waals surface area contributed by atoms with E-state index >= 15 is 0 Å². The Labute approximate surface area is 197 Å². The quantitative estimate of drug-likeness (QED) is 0.422. The molecule has 32 heavy (non-hydrogen) atoms. The minimum Gasteiger partial charge on any atom is -0.484 e. The highest BCUT2D eigenvalue weighted by Gasteiger charge is 2.14. The van der Waals surface area contributed by atoms with Gasteiger partial charge >= 0.3 is 0 Å². The van der Waals surface area contributed by atoms with Gasteiger partial charge in [-0.05, 0) is 60.9 Å². The molecule has 1 amide bonds. The van der Waals surface area contributed by atoms with Gasteiger partial charge in [-0.2, -0.15) is 0 Å². The second-order valence-corrected chi connectivity index (χ2v) is 9.92. The van der Waals surface area contributed by atoms with Gasteiger partial charge in [0.05, 0.1) is 10.9 Å². The fourth-order valence-electron chi connectivity index (χ4n) is 3.06. The molecule has 1 atom stereocenters. The summed E-state index contributed by atoms with van der Waals surface area (Å²) >= 11 is 3.42. The molecule has 0 spiro atoms. The van der Waals surface area contributed by atoms with Crippen LogP contribution in [0.2, 0.25) is 0 Å². The van der Waals surface area contributed by atoms with Crippen molar-refractivity contribution in [2.24, 2.45) is 0 Å². The van der Waals surface area contributed by atoms with Crippen LogP contribution in [0.3, 0.4) is 0 Å². The van der Waals surface area contributed by atoms with Crippen LogP contribution in [0, 0.1) is 0 Å². The summed E-state index contributed by atoms with van der Waals surface area (Å²) in [4.78, 5) is 12.3. The first-order chi connectivity index (χ1) is 15.3. The first kappa shape index (κ1) is 24.0. The predicted molar refractivity (Wildman–Crippen MR) is 128 cm³/mol. The van der Waals surface area contributed by atoms with Gasteiger partial charge in [-0.15, -0.1) is 0 Å². The second kappa shape index (κ2) is 11.3. The van der Waals surface area contributed by atoms with Crippen molar-refractivity contribution in [3.05, 3.63) is 94.5 Å². The molecule has 2 N–H and O–H groups in total. The van der Waals surface area contributed by atoms with E-state index in [0.717, 1.165) is 15.6 Å². The van der Waals surface area contributed by atoms with Crippen molar-refractivity contribution in [1.29, 1.82) is 0 Å². The summed E-state index contributed by atoms with van der Waals surface area (Å²) in [5.41, 5.74) is 2.04. The molecule has 0 aliphatic rings. The Bertz CT molecular complexity index is 1140. The molecule has 0 fully saturated rings. The number of amides is 1. The van der Waals surface area contributed by atoms with E-state index in [9.17, 15) is 13.2 Å². The summed E-state index contributed by atoms with van der Waals surface area (Å²) in [5, 5.41) is 2.88. The number of rotatable bonds is 10. The van der Waals surface area contributed by atoms with E-state index in [2.05, 4.69) is 26.0 Å². The van der Waals surface area contributed by atoms with Crippen molar-refractivity contribution in [3.8, 4) is 5.75 Å². The highest BCUT2D eigenvalue weighted by molar-refractivity contribution is 9.10. The van der Waals surface area contributed by atoms with Crippen LogP contribution in [0.5, 0.6) is 5.75 Å². The lowest BCUT2D eigenvalue weighted by molar-refractivity contribution is -0.123. The third kappa shape index (κ3) is 7.19. The minimum atomic E-state index is -3.62. The van der Waals surface area contributed by atoms with E-state index in [1.54, 1.807) is 0 Å². The van der Waals surface area contributed by atoms with Gasteiger partial charge in [-0.1, -0.05) is 58.4 Å². The van der Waals surface area contributed by atoms with Crippen LogP contribution in [0.25, 0.3) is 0 Å². The topological polar surface area (TPSA) is 84.5 Å². The molecule has 3 rings (SSSR count). The van der Waals surface area contributed by atoms with E-state index < -0.39 is 10.0 Å². The molecule has 6 nitrogen and oxygen atoms in total. The summed E-state index contributed by atoms with van der Waals surface area (Å²) in [6.07, 6.45) is 0.606. The summed E-state index contributed by atoms with van der Waals surface area (Å²) in [6, 6.07) is 23.2. The van der Waals surface area contributed by atoms with Crippen molar-refractivity contribution in [2.45, 2.75) is 24.3 Å². The number of carbonyl (C=O) groups is 1. The molecule has 3 aromatic carbocycles. The van der Waals surface area contributed by atoms with Crippen LogP contribution in [-0.2, 0) is 21.2 Å². The Balaban J connectivity index is 1.47. The van der Waals surface area contributed by atoms with Gasteiger partial charge in [0.2, 0.25) is 10.0 Å². The van der Waals surface area contributed by atoms with Crippen LogP contribution in [-0.4, -0.2) is 27.5 Å². The Kier molecular flexibility index (Phi) is 8.44. The van der Waals surface area contributed by atoms with E-state index in [1.165, 1.54) is 24.3 Å². The molecular weight excluding hydrogens is 492 g/mol. The van der Waals surface area contributed by atoms with Crippen molar-refractivity contribution in [1.82, 2.24) is 10.0 Å². The number of ether oxygens (including phenoxy) is 1. The van der Waals surface area contributed by atoms with Gasteiger partial charge in [0.15, 0.2) is 6.61 Å². The molecule has 168 valence electrons. The second-order valence-electron chi connectivity index (χ2n) is 7.24. The number of halogens is 1. The molecule has 0 saturated carbocycles. The largest absolute Gasteiger partial charge is 0.484 e. The zero-order chi connectivity index (χ0) is 23.0. The Morgan fingerprint density at radius 3 is 2.41 bits per heavy atom. The minimum absolute atomic E-state index is 0.144. The average molecular weight is 517 g/mol. The van der Waals surface area contributed by atoms with Crippen LogP contribution < -0.4 is 14.8 Å². The highest BCUT2D eigenvalue weighted by atomic mass is 79.9. The highest BCUT2D eigenvalue weighted by Crippen LogP contribution is 2.18. The maximum atomic E-state index is 12.5. The number of carbonyl (C=O) groups excluding carboxylic acids is 1. The lowest BCUT2D eigenvalue weighted by Gasteiger charge is -2.15. The van der Waals surface area contributed by atoms with Crippen LogP contribution in [0.4, 0.5) is 0 Å². The number of sulfonamides is 1. The fourth-order valence-corrected chi connectivity index (χ4v) is 4.51. The van der Waals surface area contributed by atoms with Crippen LogP contribution >= 0.6 is 15.9 Å². The van der Waals surface area contributed by atoms with E-state index in [1.807, 2.05) is 61.5 Å². The van der Waals surface area contributed by atoms with Crippen molar-refractivity contribution < 1.29 is 17.9 Å². The third-order valence-corrected chi connectivity index (χ3v) is 6.75. The maximum absolute atomic E-state index is 12.5. The molecule has 8 heteroatoms. The SMILES string of the molecule is C[C@H](NC(=O)COc1ccc(S(=O)(=O)NCCc2ccccc2)cc1)c1cccc(Br)c1. The lowest BCUT2D eigenvalue weighted by Crippen LogP contribution is -2.31. The van der Waals surface area contributed by atoms with E-state index in [4.69, 9.17) is 4.74 Å². The zero-order valence-corrected chi connectivity index (χ0v) is 20.0. The third-order valence-electron chi connectivity index (χ3n) is 4.78. The van der Waals surface area contributed by atoms with Crippen molar-refractivity contribution in [3.63, 3.8) is 0 Å². The zero-order valence-electron chi connectivity index (χ0n) is 17.6. The molecule has 0 unspecified atom stereocenters. The van der Waals surface area contributed by atoms with Crippen LogP contribution in [0.1, 0.15) is 24.1 Å². The number of benzene rings is 3. The normalized spacial score (nSPS) is 12.2. The van der Waals surface area contributed by atoms with Crippen LogP contribution in [0.15, 0.2) is 88.2 Å². The van der Waals surface area contributed by atoms with Gasteiger partial charge in [0.25, 0.3) is 5.91 Å². The average Bonchev–Trinajstić information content (AvgIpc) is 2.78. The van der Waals surface area contributed by atoms with Gasteiger partial charge in [0, 0.05) is 11.0 Å². The molecule has 0 saturated heterocycles. The monoisotopic (exact) mass is 516 g/mol. The van der Waals surface area contributed by atoms with Gasteiger partial charge in [-0.25, -0.2) is 13.1 Å². The molecular formula is C24H25BrN2O4S. The van der Waals surface area contributed by atoms with Gasteiger partial charge in [-0.3, -0.25) is 4.79 Å². The fraction of sp³-hybridized carbons (Fsp3) is 0.208. The van der Waals surface area contributed by atoms with Crippen molar-refractivity contribution in [2.75, 3.05) is 13.2 Å². The van der Waals surface area contributed by atoms with E-state index in [0.29, 0.717) is 18.7 Å². The molecule has 0 bridgehead atoms. The van der Waals surface area contributed by atoms with E-state index in [-0.39, 0.29) is 23.5 Å². The molecule has 0 aliphatic carbocycles.